The maximum absolute atomic E-state index is 12.1. The number of likely N-dealkylation sites (N-methyl/N-ethyl adjacent to an activating group) is 1. The Balaban J connectivity index is 2.53. The smallest absolute Gasteiger partial charge is 0.382 e. The van der Waals surface area contributed by atoms with Crippen LogP contribution in [0.25, 0.3) is 0 Å². The number of anilines is 1. The standard InChI is InChI=1S/C9H13F3N4O2S/c1-3-6-14-15-7(19-6)13-8(18)16(2)4-5(17)9(10,11)12/h5,17H,3-4H2,1-2H3,(H,13,15,18). The molecule has 1 heterocycles. The summed E-state index contributed by atoms with van der Waals surface area (Å²) < 4.78 is 36.4. The Labute approximate surface area is 111 Å². The minimum atomic E-state index is -4.76. The van der Waals surface area contributed by atoms with Crippen LogP contribution in [-0.2, 0) is 6.42 Å². The number of amides is 2. The van der Waals surface area contributed by atoms with Gasteiger partial charge in [-0.15, -0.1) is 10.2 Å². The maximum atomic E-state index is 12.1. The van der Waals surface area contributed by atoms with E-state index in [1.165, 1.54) is 0 Å². The first-order valence-corrected chi connectivity index (χ1v) is 6.15. The Bertz CT molecular complexity index is 437. The van der Waals surface area contributed by atoms with Crippen LogP contribution in [0.2, 0.25) is 0 Å². The molecule has 19 heavy (non-hydrogen) atoms. The minimum absolute atomic E-state index is 0.204. The SMILES string of the molecule is CCc1nnc(NC(=O)N(C)CC(O)C(F)(F)F)s1. The number of rotatable bonds is 4. The average molecular weight is 298 g/mol. The van der Waals surface area contributed by atoms with Crippen molar-refractivity contribution < 1.29 is 23.1 Å². The number of aliphatic hydroxyl groups is 1. The predicted molar refractivity (Wildman–Crippen MR) is 63.0 cm³/mol. The fraction of sp³-hybridized carbons (Fsp3) is 0.667. The zero-order chi connectivity index (χ0) is 14.6. The van der Waals surface area contributed by atoms with Gasteiger partial charge in [0.05, 0.1) is 6.54 Å². The molecule has 1 aromatic heterocycles. The number of hydrogen-bond donors (Lipinski definition) is 2. The Morgan fingerprint density at radius 1 is 1.53 bits per heavy atom. The molecule has 6 nitrogen and oxygen atoms in total. The molecule has 0 aliphatic heterocycles. The molecule has 1 atom stereocenters. The number of carbonyl (C=O) groups excluding carboxylic acids is 1. The number of halogens is 3. The number of nitrogens with one attached hydrogen (secondary N) is 1. The van der Waals surface area contributed by atoms with Gasteiger partial charge in [0.2, 0.25) is 5.13 Å². The largest absolute Gasteiger partial charge is 0.416 e. The number of carbonyl (C=O) groups is 1. The van der Waals surface area contributed by atoms with Crippen molar-refractivity contribution >= 4 is 22.5 Å². The molecule has 0 aromatic carbocycles. The van der Waals surface area contributed by atoms with Gasteiger partial charge in [0, 0.05) is 7.05 Å². The van der Waals surface area contributed by atoms with Gasteiger partial charge in [-0.2, -0.15) is 13.2 Å². The molecule has 0 saturated carbocycles. The van der Waals surface area contributed by atoms with E-state index in [4.69, 9.17) is 5.11 Å². The highest BCUT2D eigenvalue weighted by molar-refractivity contribution is 7.15. The van der Waals surface area contributed by atoms with E-state index in [1.807, 2.05) is 6.92 Å². The molecule has 1 unspecified atom stereocenters. The van der Waals surface area contributed by atoms with Crippen LogP contribution in [0.15, 0.2) is 0 Å². The van der Waals surface area contributed by atoms with Crippen LogP contribution in [0.3, 0.4) is 0 Å². The molecular formula is C9H13F3N4O2S. The molecular weight excluding hydrogens is 285 g/mol. The molecule has 0 aliphatic carbocycles. The number of hydrogen-bond acceptors (Lipinski definition) is 5. The van der Waals surface area contributed by atoms with Crippen molar-refractivity contribution in [3.63, 3.8) is 0 Å². The first-order valence-electron chi connectivity index (χ1n) is 5.33. The summed E-state index contributed by atoms with van der Waals surface area (Å²) in [6.07, 6.45) is -6.69. The van der Waals surface area contributed by atoms with Gasteiger partial charge in [0.1, 0.15) is 5.01 Å². The monoisotopic (exact) mass is 298 g/mol. The van der Waals surface area contributed by atoms with Crippen LogP contribution in [0, 0.1) is 0 Å². The van der Waals surface area contributed by atoms with E-state index in [1.54, 1.807) is 0 Å². The van der Waals surface area contributed by atoms with E-state index < -0.39 is 24.9 Å². The van der Waals surface area contributed by atoms with E-state index in [2.05, 4.69) is 15.5 Å². The Kier molecular flexibility index (Phi) is 5.06. The molecule has 0 aliphatic rings. The quantitative estimate of drug-likeness (QED) is 0.882. The van der Waals surface area contributed by atoms with Crippen molar-refractivity contribution in [1.29, 1.82) is 0 Å². The fourth-order valence-corrected chi connectivity index (χ4v) is 1.75. The van der Waals surface area contributed by atoms with E-state index in [-0.39, 0.29) is 5.13 Å². The van der Waals surface area contributed by atoms with Gasteiger partial charge in [-0.05, 0) is 6.42 Å². The van der Waals surface area contributed by atoms with Gasteiger partial charge < -0.3 is 10.0 Å². The average Bonchev–Trinajstić information content (AvgIpc) is 2.75. The summed E-state index contributed by atoms with van der Waals surface area (Å²) in [5.74, 6) is 0. The molecule has 108 valence electrons. The van der Waals surface area contributed by atoms with Crippen LogP contribution in [-0.4, -0.2) is 52.1 Å². The lowest BCUT2D eigenvalue weighted by molar-refractivity contribution is -0.205. The molecule has 0 spiro atoms. The van der Waals surface area contributed by atoms with Gasteiger partial charge in [-0.25, -0.2) is 4.79 Å². The Morgan fingerprint density at radius 2 is 2.16 bits per heavy atom. The van der Waals surface area contributed by atoms with Crippen LogP contribution in [0.4, 0.5) is 23.1 Å². The second-order valence-corrected chi connectivity index (χ2v) is 4.78. The maximum Gasteiger partial charge on any atom is 0.416 e. The first-order chi connectivity index (χ1) is 8.74. The lowest BCUT2D eigenvalue weighted by Gasteiger charge is -2.22. The molecule has 2 amide bonds. The second kappa shape index (κ2) is 6.15. The normalized spacial score (nSPS) is 13.2. The molecule has 0 fully saturated rings. The molecule has 0 bridgehead atoms. The van der Waals surface area contributed by atoms with Gasteiger partial charge in [0.15, 0.2) is 6.10 Å². The number of nitrogens with zero attached hydrogens (tertiary/aromatic N) is 3. The van der Waals surface area contributed by atoms with E-state index >= 15 is 0 Å². The summed E-state index contributed by atoms with van der Waals surface area (Å²) in [6, 6.07) is -0.790. The van der Waals surface area contributed by atoms with Gasteiger partial charge in [-0.3, -0.25) is 5.32 Å². The summed E-state index contributed by atoms with van der Waals surface area (Å²) in [6.45, 7) is 1.01. The van der Waals surface area contributed by atoms with Crippen LogP contribution >= 0.6 is 11.3 Å². The van der Waals surface area contributed by atoms with Crippen molar-refractivity contribution in [2.45, 2.75) is 25.6 Å². The lowest BCUT2D eigenvalue weighted by Crippen LogP contribution is -2.43. The second-order valence-electron chi connectivity index (χ2n) is 3.72. The summed E-state index contributed by atoms with van der Waals surface area (Å²) in [7, 11) is 1.14. The van der Waals surface area contributed by atoms with Crippen molar-refractivity contribution in [3.8, 4) is 0 Å². The van der Waals surface area contributed by atoms with Crippen molar-refractivity contribution in [1.82, 2.24) is 15.1 Å². The molecule has 0 saturated heterocycles. The van der Waals surface area contributed by atoms with Crippen molar-refractivity contribution in [2.24, 2.45) is 0 Å². The van der Waals surface area contributed by atoms with Crippen LogP contribution < -0.4 is 5.32 Å². The third-order valence-corrected chi connectivity index (χ3v) is 3.14. The Hall–Kier alpha value is -1.42. The van der Waals surface area contributed by atoms with Crippen molar-refractivity contribution in [3.05, 3.63) is 5.01 Å². The van der Waals surface area contributed by atoms with Gasteiger partial charge in [0.25, 0.3) is 0 Å². The zero-order valence-electron chi connectivity index (χ0n) is 10.2. The highest BCUT2D eigenvalue weighted by Crippen LogP contribution is 2.21. The molecule has 10 heteroatoms. The molecule has 1 rings (SSSR count). The van der Waals surface area contributed by atoms with Gasteiger partial charge in [-0.1, -0.05) is 18.3 Å². The number of aliphatic hydroxyl groups excluding tert-OH is 1. The first kappa shape index (κ1) is 15.6. The zero-order valence-corrected chi connectivity index (χ0v) is 11.0. The highest BCUT2D eigenvalue weighted by atomic mass is 32.1. The minimum Gasteiger partial charge on any atom is -0.382 e. The number of aromatic nitrogens is 2. The topological polar surface area (TPSA) is 78.4 Å². The van der Waals surface area contributed by atoms with E-state index in [0.29, 0.717) is 11.4 Å². The summed E-state index contributed by atoms with van der Waals surface area (Å²) in [4.78, 5) is 12.3. The predicted octanol–water partition coefficient (Wildman–Crippen LogP) is 1.49. The fourth-order valence-electron chi connectivity index (χ4n) is 1.08. The third kappa shape index (κ3) is 4.63. The van der Waals surface area contributed by atoms with Crippen LogP contribution in [0.1, 0.15) is 11.9 Å². The number of aryl methyl sites for hydroxylation is 1. The number of alkyl halides is 3. The van der Waals surface area contributed by atoms with Gasteiger partial charge >= 0.3 is 12.2 Å². The lowest BCUT2D eigenvalue weighted by atomic mass is 10.3. The van der Waals surface area contributed by atoms with Crippen molar-refractivity contribution in [2.75, 3.05) is 18.9 Å². The highest BCUT2D eigenvalue weighted by Gasteiger charge is 2.39. The number of urea groups is 1. The summed E-state index contributed by atoms with van der Waals surface area (Å²) in [5, 5.41) is 19.5. The van der Waals surface area contributed by atoms with Crippen LogP contribution in [0.5, 0.6) is 0 Å². The third-order valence-electron chi connectivity index (χ3n) is 2.15. The molecule has 2 N–H and O–H groups in total. The summed E-state index contributed by atoms with van der Waals surface area (Å²) >= 11 is 1.14. The molecule has 0 radical (unpaired) electrons. The molecule has 1 aromatic rings. The van der Waals surface area contributed by atoms with E-state index in [9.17, 15) is 18.0 Å². The van der Waals surface area contributed by atoms with E-state index in [0.717, 1.165) is 23.3 Å². The Morgan fingerprint density at radius 3 is 2.63 bits per heavy atom. The summed E-state index contributed by atoms with van der Waals surface area (Å²) in [5.41, 5.74) is 0.